The Labute approximate surface area is 134 Å². The molecule has 0 aromatic heterocycles. The van der Waals surface area contributed by atoms with E-state index in [1.807, 2.05) is 13.8 Å². The quantitative estimate of drug-likeness (QED) is 0.710. The lowest BCUT2D eigenvalue weighted by Crippen LogP contribution is -2.13. The topological polar surface area (TPSA) is 54.0 Å². The molecule has 0 amide bonds. The molecule has 1 aromatic rings. The zero-order chi connectivity index (χ0) is 15.1. The van der Waals surface area contributed by atoms with E-state index in [0.717, 1.165) is 12.0 Å². The highest BCUT2D eigenvalue weighted by Crippen LogP contribution is 2.38. The maximum atomic E-state index is 11.7. The summed E-state index contributed by atoms with van der Waals surface area (Å²) in [6, 6.07) is 3.54. The van der Waals surface area contributed by atoms with Gasteiger partial charge in [0, 0.05) is 0 Å². The second-order valence-corrected chi connectivity index (χ2v) is 4.45. The number of hydrogen-bond acceptors (Lipinski definition) is 5. The van der Waals surface area contributed by atoms with Gasteiger partial charge in [-0.25, -0.2) is 0 Å². The van der Waals surface area contributed by atoms with Gasteiger partial charge < -0.3 is 18.9 Å². The monoisotopic (exact) mass is 314 g/mol. The lowest BCUT2D eigenvalue weighted by molar-refractivity contribution is -0.149. The fraction of sp³-hybridized carbons (Fsp3) is 0.588. The molecule has 5 nitrogen and oxygen atoms in total. The Bertz CT molecular complexity index is 431. The zero-order valence-corrected chi connectivity index (χ0v) is 12.7. The third-order valence-corrected chi connectivity index (χ3v) is 3.12. The van der Waals surface area contributed by atoms with Crippen LogP contribution in [0.15, 0.2) is 12.1 Å². The minimum Gasteiger partial charge on any atom is -0.493 e. The van der Waals surface area contributed by atoms with Crippen LogP contribution in [0.3, 0.4) is 0 Å². The number of methoxy groups -OCH3 is 3. The van der Waals surface area contributed by atoms with Crippen LogP contribution in [0.2, 0.25) is 0 Å². The molecule has 1 rings (SSSR count). The first-order valence-electron chi connectivity index (χ1n) is 6.52. The molecule has 1 unspecified atom stereocenters. The summed E-state index contributed by atoms with van der Waals surface area (Å²) < 4.78 is 21.0. The Balaban J connectivity index is 0. The summed E-state index contributed by atoms with van der Waals surface area (Å²) >= 11 is 0. The summed E-state index contributed by atoms with van der Waals surface area (Å²) in [4.78, 5) is 11.7. The van der Waals surface area contributed by atoms with Crippen molar-refractivity contribution in [2.24, 2.45) is 5.92 Å². The minimum atomic E-state index is -0.207. The van der Waals surface area contributed by atoms with Crippen molar-refractivity contribution in [1.29, 1.82) is 0 Å². The summed E-state index contributed by atoms with van der Waals surface area (Å²) in [5.41, 5.74) is 0.788. The fourth-order valence-corrected chi connectivity index (χ4v) is 1.68. The van der Waals surface area contributed by atoms with E-state index in [1.54, 1.807) is 33.5 Å². The Morgan fingerprint density at radius 2 is 1.55 bits per heavy atom. The van der Waals surface area contributed by atoms with E-state index in [9.17, 15) is 4.79 Å². The SMILES string of the molecule is C.C.CCC(C)C(=O)OCc1cc(OC)c(OC)c(OC)c1. The predicted octanol–water partition coefficient (Wildman–Crippen LogP) is 4.07. The van der Waals surface area contributed by atoms with Crippen molar-refractivity contribution in [2.75, 3.05) is 21.3 Å². The Morgan fingerprint density at radius 3 is 1.91 bits per heavy atom. The summed E-state index contributed by atoms with van der Waals surface area (Å²) in [7, 11) is 4.64. The molecule has 0 aliphatic carbocycles. The van der Waals surface area contributed by atoms with Crippen molar-refractivity contribution in [3.05, 3.63) is 17.7 Å². The molecule has 0 fully saturated rings. The highest BCUT2D eigenvalue weighted by atomic mass is 16.5. The van der Waals surface area contributed by atoms with Crippen LogP contribution in [0.5, 0.6) is 17.2 Å². The van der Waals surface area contributed by atoms with Crippen LogP contribution in [0.4, 0.5) is 0 Å². The van der Waals surface area contributed by atoms with Crippen molar-refractivity contribution >= 4 is 5.97 Å². The molecule has 0 saturated carbocycles. The number of hydrogen-bond donors (Lipinski definition) is 0. The lowest BCUT2D eigenvalue weighted by atomic mass is 10.1. The first-order valence-corrected chi connectivity index (χ1v) is 6.52. The van der Waals surface area contributed by atoms with E-state index >= 15 is 0 Å². The van der Waals surface area contributed by atoms with Crippen LogP contribution >= 0.6 is 0 Å². The minimum absolute atomic E-state index is 0. The van der Waals surface area contributed by atoms with Gasteiger partial charge in [-0.3, -0.25) is 4.79 Å². The van der Waals surface area contributed by atoms with Gasteiger partial charge in [-0.1, -0.05) is 28.7 Å². The highest BCUT2D eigenvalue weighted by Gasteiger charge is 2.16. The number of rotatable bonds is 7. The smallest absolute Gasteiger partial charge is 0.308 e. The molecule has 0 heterocycles. The standard InChI is InChI=1S/C15H22O5.2CH4/c1-6-10(2)15(16)20-9-11-7-12(17-3)14(19-5)13(8-11)18-4;;/h7-8,10H,6,9H2,1-5H3;2*1H4. The molecule has 1 aromatic carbocycles. The molecule has 0 radical (unpaired) electrons. The molecule has 128 valence electrons. The van der Waals surface area contributed by atoms with Gasteiger partial charge in [0.05, 0.1) is 27.2 Å². The molecule has 0 spiro atoms. The van der Waals surface area contributed by atoms with Crippen LogP contribution in [0.1, 0.15) is 40.7 Å². The third-order valence-electron chi connectivity index (χ3n) is 3.12. The van der Waals surface area contributed by atoms with Gasteiger partial charge in [0.1, 0.15) is 6.61 Å². The average Bonchev–Trinajstić information content (AvgIpc) is 2.50. The van der Waals surface area contributed by atoms with Gasteiger partial charge in [-0.2, -0.15) is 0 Å². The molecular formula is C17H30O5. The Morgan fingerprint density at radius 1 is 1.05 bits per heavy atom. The first-order chi connectivity index (χ1) is 9.57. The average molecular weight is 314 g/mol. The van der Waals surface area contributed by atoms with E-state index < -0.39 is 0 Å². The second-order valence-electron chi connectivity index (χ2n) is 4.45. The van der Waals surface area contributed by atoms with Crippen molar-refractivity contribution in [2.45, 2.75) is 41.7 Å². The van der Waals surface area contributed by atoms with Gasteiger partial charge in [0.25, 0.3) is 0 Å². The van der Waals surface area contributed by atoms with E-state index in [-0.39, 0.29) is 33.3 Å². The molecule has 1 atom stereocenters. The zero-order valence-electron chi connectivity index (χ0n) is 12.7. The molecule has 22 heavy (non-hydrogen) atoms. The molecule has 0 saturated heterocycles. The number of carbonyl (C=O) groups excluding carboxylic acids is 1. The summed E-state index contributed by atoms with van der Waals surface area (Å²) in [5, 5.41) is 0. The van der Waals surface area contributed by atoms with Gasteiger partial charge >= 0.3 is 5.97 Å². The normalized spacial score (nSPS) is 10.6. The second kappa shape index (κ2) is 10.8. The molecule has 0 N–H and O–H groups in total. The van der Waals surface area contributed by atoms with E-state index in [4.69, 9.17) is 18.9 Å². The summed E-state index contributed by atoms with van der Waals surface area (Å²) in [6.07, 6.45) is 0.758. The van der Waals surface area contributed by atoms with Crippen LogP contribution < -0.4 is 14.2 Å². The van der Waals surface area contributed by atoms with Crippen molar-refractivity contribution < 1.29 is 23.7 Å². The van der Waals surface area contributed by atoms with E-state index in [1.165, 1.54) is 0 Å². The molecule has 5 heteroatoms. The fourth-order valence-electron chi connectivity index (χ4n) is 1.68. The van der Waals surface area contributed by atoms with Crippen LogP contribution in [0.25, 0.3) is 0 Å². The van der Waals surface area contributed by atoms with Crippen molar-refractivity contribution in [1.82, 2.24) is 0 Å². The van der Waals surface area contributed by atoms with Gasteiger partial charge in [0.15, 0.2) is 11.5 Å². The van der Waals surface area contributed by atoms with E-state index in [0.29, 0.717) is 17.2 Å². The van der Waals surface area contributed by atoms with Gasteiger partial charge in [-0.05, 0) is 24.1 Å². The first kappa shape index (κ1) is 22.4. The molecule has 0 aliphatic rings. The third kappa shape index (κ3) is 5.47. The number of carbonyl (C=O) groups is 1. The molecular weight excluding hydrogens is 284 g/mol. The van der Waals surface area contributed by atoms with Crippen LogP contribution in [0, 0.1) is 5.92 Å². The largest absolute Gasteiger partial charge is 0.493 e. The number of esters is 1. The van der Waals surface area contributed by atoms with Crippen molar-refractivity contribution in [3.63, 3.8) is 0 Å². The number of benzene rings is 1. The predicted molar refractivity (Wildman–Crippen MR) is 88.8 cm³/mol. The van der Waals surface area contributed by atoms with Gasteiger partial charge in [0.2, 0.25) is 5.75 Å². The van der Waals surface area contributed by atoms with Crippen LogP contribution in [-0.2, 0) is 16.1 Å². The number of ether oxygens (including phenoxy) is 4. The van der Waals surface area contributed by atoms with E-state index in [2.05, 4.69) is 0 Å². The molecule has 0 aliphatic heterocycles. The Hall–Kier alpha value is -1.91. The summed E-state index contributed by atoms with van der Waals surface area (Å²) in [6.45, 7) is 3.97. The van der Waals surface area contributed by atoms with Crippen molar-refractivity contribution in [3.8, 4) is 17.2 Å². The van der Waals surface area contributed by atoms with Crippen LogP contribution in [-0.4, -0.2) is 27.3 Å². The molecule has 0 bridgehead atoms. The highest BCUT2D eigenvalue weighted by molar-refractivity contribution is 5.72. The summed E-state index contributed by atoms with van der Waals surface area (Å²) in [5.74, 6) is 1.30. The Kier molecular flexibility index (Phi) is 10.9. The van der Waals surface area contributed by atoms with Gasteiger partial charge in [-0.15, -0.1) is 0 Å². The lowest BCUT2D eigenvalue weighted by Gasteiger charge is -2.15. The maximum absolute atomic E-state index is 11.7. The maximum Gasteiger partial charge on any atom is 0.308 e.